The fraction of sp³-hybridized carbons (Fsp3) is 0.167. The smallest absolute Gasteiger partial charge is 0.341 e. The van der Waals surface area contributed by atoms with Crippen LogP contribution in [0.5, 0.6) is 0 Å². The summed E-state index contributed by atoms with van der Waals surface area (Å²) in [6, 6.07) is 7.13. The van der Waals surface area contributed by atoms with Gasteiger partial charge < -0.3 is 4.74 Å². The molecule has 0 aliphatic carbocycles. The van der Waals surface area contributed by atoms with Gasteiger partial charge in [-0.15, -0.1) is 6.42 Å². The minimum Gasteiger partial charge on any atom is -0.416 e. The number of terminal acetylenes is 1. The highest BCUT2D eigenvalue weighted by Gasteiger charge is 2.39. The van der Waals surface area contributed by atoms with E-state index >= 15 is 0 Å². The molecule has 0 spiro atoms. The number of hydrogen-bond acceptors (Lipinski definition) is 3. The number of aryl methyl sites for hydroxylation is 1. The summed E-state index contributed by atoms with van der Waals surface area (Å²) in [7, 11) is 0. The first-order chi connectivity index (χ1) is 7.15. The Labute approximate surface area is 87.8 Å². The van der Waals surface area contributed by atoms with Crippen LogP contribution in [0.15, 0.2) is 29.3 Å². The number of nitrogens with zero attached hydrogens (tertiary/aromatic N) is 1. The van der Waals surface area contributed by atoms with Crippen LogP contribution in [0.3, 0.4) is 0 Å². The Morgan fingerprint density at radius 1 is 1.60 bits per heavy atom. The van der Waals surface area contributed by atoms with E-state index in [-0.39, 0.29) is 0 Å². The zero-order chi connectivity index (χ0) is 10.9. The Morgan fingerprint density at radius 3 is 2.87 bits per heavy atom. The molecule has 0 bridgehead atoms. The van der Waals surface area contributed by atoms with Crippen LogP contribution < -0.4 is 0 Å². The van der Waals surface area contributed by atoms with Crippen LogP contribution in [0.1, 0.15) is 15.9 Å². The minimum atomic E-state index is -1.11. The highest BCUT2D eigenvalue weighted by atomic mass is 16.6. The third-order valence-corrected chi connectivity index (χ3v) is 2.07. The molecule has 1 aliphatic heterocycles. The van der Waals surface area contributed by atoms with Crippen molar-refractivity contribution in [3.8, 4) is 12.3 Å². The van der Waals surface area contributed by atoms with Gasteiger partial charge in [0.15, 0.2) is 0 Å². The number of carbonyl (C=O) groups is 1. The van der Waals surface area contributed by atoms with Crippen molar-refractivity contribution in [1.82, 2.24) is 0 Å². The first kappa shape index (κ1) is 9.47. The topological polar surface area (TPSA) is 38.7 Å². The first-order valence-electron chi connectivity index (χ1n) is 4.49. The number of carbonyl (C=O) groups excluding carboxylic acids is 1. The number of hydrogen-bond donors (Lipinski definition) is 0. The van der Waals surface area contributed by atoms with Crippen LogP contribution in [0.4, 0.5) is 0 Å². The zero-order valence-corrected chi connectivity index (χ0v) is 8.23. The SMILES string of the molecule is C#CC1(OC(=O)c2cccc(C)c2)C=N1. The third kappa shape index (κ3) is 1.89. The van der Waals surface area contributed by atoms with Gasteiger partial charge in [0, 0.05) is 0 Å². The van der Waals surface area contributed by atoms with Gasteiger partial charge in [0.05, 0.1) is 11.8 Å². The number of esters is 1. The van der Waals surface area contributed by atoms with Crippen molar-refractivity contribution in [2.75, 3.05) is 0 Å². The molecule has 0 saturated heterocycles. The van der Waals surface area contributed by atoms with Crippen LogP contribution in [0.2, 0.25) is 0 Å². The molecule has 3 nitrogen and oxygen atoms in total. The lowest BCUT2D eigenvalue weighted by molar-refractivity contribution is 0.0389. The number of rotatable bonds is 2. The van der Waals surface area contributed by atoms with Crippen molar-refractivity contribution >= 4 is 12.2 Å². The third-order valence-electron chi connectivity index (χ3n) is 2.07. The van der Waals surface area contributed by atoms with Gasteiger partial charge in [0.2, 0.25) is 0 Å². The summed E-state index contributed by atoms with van der Waals surface area (Å²) in [6.07, 6.45) is 6.60. The van der Waals surface area contributed by atoms with Gasteiger partial charge in [-0.05, 0) is 25.0 Å². The molecule has 0 fully saturated rings. The van der Waals surface area contributed by atoms with Crippen molar-refractivity contribution in [1.29, 1.82) is 0 Å². The van der Waals surface area contributed by atoms with E-state index < -0.39 is 11.7 Å². The standard InChI is InChI=1S/C12H9NO2/c1-3-12(8-13-12)15-11(14)10-6-4-5-9(2)7-10/h1,4-8H,2H3. The van der Waals surface area contributed by atoms with Crippen molar-refractivity contribution in [2.24, 2.45) is 4.99 Å². The van der Waals surface area contributed by atoms with Crippen molar-refractivity contribution in [3.05, 3.63) is 35.4 Å². The average Bonchev–Trinajstić information content (AvgIpc) is 2.98. The van der Waals surface area contributed by atoms with Crippen LogP contribution >= 0.6 is 0 Å². The monoisotopic (exact) mass is 199 g/mol. The molecule has 0 aromatic heterocycles. The zero-order valence-electron chi connectivity index (χ0n) is 8.23. The molecule has 1 aromatic rings. The number of benzene rings is 1. The predicted octanol–water partition coefficient (Wildman–Crippen LogP) is 1.57. The van der Waals surface area contributed by atoms with E-state index in [0.29, 0.717) is 5.56 Å². The normalized spacial score (nSPS) is 21.9. The van der Waals surface area contributed by atoms with Gasteiger partial charge in [-0.25, -0.2) is 9.79 Å². The second kappa shape index (κ2) is 3.25. The molecule has 0 N–H and O–H groups in total. The maximum atomic E-state index is 11.6. The molecular weight excluding hydrogens is 190 g/mol. The van der Waals surface area contributed by atoms with Gasteiger partial charge in [-0.1, -0.05) is 17.7 Å². The summed E-state index contributed by atoms with van der Waals surface area (Å²) in [5, 5.41) is 0. The van der Waals surface area contributed by atoms with Crippen LogP contribution in [0, 0.1) is 19.3 Å². The Kier molecular flexibility index (Phi) is 2.05. The average molecular weight is 199 g/mol. The Bertz CT molecular complexity index is 477. The maximum absolute atomic E-state index is 11.6. The van der Waals surface area contributed by atoms with Crippen molar-refractivity contribution in [2.45, 2.75) is 12.6 Å². The quantitative estimate of drug-likeness (QED) is 0.535. The largest absolute Gasteiger partial charge is 0.416 e. The van der Waals surface area contributed by atoms with Crippen LogP contribution in [-0.2, 0) is 4.74 Å². The van der Waals surface area contributed by atoms with Gasteiger partial charge in [0.1, 0.15) is 0 Å². The molecule has 1 unspecified atom stereocenters. The highest BCUT2D eigenvalue weighted by molar-refractivity contribution is 5.95. The molecule has 1 aliphatic rings. The molecule has 2 rings (SSSR count). The van der Waals surface area contributed by atoms with E-state index in [9.17, 15) is 4.79 Å². The highest BCUT2D eigenvalue weighted by Crippen LogP contribution is 2.22. The molecule has 1 atom stereocenters. The minimum absolute atomic E-state index is 0.450. The summed E-state index contributed by atoms with van der Waals surface area (Å²) >= 11 is 0. The Morgan fingerprint density at radius 2 is 2.33 bits per heavy atom. The molecular formula is C12H9NO2. The summed E-state index contributed by atoms with van der Waals surface area (Å²) in [4.78, 5) is 15.3. The molecule has 1 heterocycles. The van der Waals surface area contributed by atoms with E-state index in [2.05, 4.69) is 10.9 Å². The number of aliphatic imine (C=N–C) groups is 1. The summed E-state index contributed by atoms with van der Waals surface area (Å²) in [5.41, 5.74) is 0.372. The predicted molar refractivity (Wildman–Crippen MR) is 56.7 cm³/mol. The number of ether oxygens (including phenoxy) is 1. The lowest BCUT2D eigenvalue weighted by atomic mass is 10.1. The second-order valence-corrected chi connectivity index (χ2v) is 3.36. The van der Waals surface area contributed by atoms with Gasteiger partial charge >= 0.3 is 11.7 Å². The van der Waals surface area contributed by atoms with E-state index in [1.165, 1.54) is 6.21 Å². The lowest BCUT2D eigenvalue weighted by Crippen LogP contribution is -2.21. The fourth-order valence-corrected chi connectivity index (χ4v) is 1.19. The van der Waals surface area contributed by atoms with Crippen molar-refractivity contribution in [3.63, 3.8) is 0 Å². The van der Waals surface area contributed by atoms with Gasteiger partial charge in [-0.2, -0.15) is 0 Å². The fourth-order valence-electron chi connectivity index (χ4n) is 1.19. The van der Waals surface area contributed by atoms with Gasteiger partial charge in [0.25, 0.3) is 0 Å². The molecule has 0 saturated carbocycles. The van der Waals surface area contributed by atoms with E-state index in [0.717, 1.165) is 5.56 Å². The lowest BCUT2D eigenvalue weighted by Gasteiger charge is -2.08. The summed E-state index contributed by atoms with van der Waals surface area (Å²) in [6.45, 7) is 1.90. The molecule has 15 heavy (non-hydrogen) atoms. The Hall–Kier alpha value is -2.08. The maximum Gasteiger partial charge on any atom is 0.341 e. The van der Waals surface area contributed by atoms with E-state index in [1.807, 2.05) is 13.0 Å². The second-order valence-electron chi connectivity index (χ2n) is 3.36. The Balaban J connectivity index is 2.13. The van der Waals surface area contributed by atoms with Crippen LogP contribution in [-0.4, -0.2) is 17.9 Å². The van der Waals surface area contributed by atoms with Crippen LogP contribution in [0.25, 0.3) is 0 Å². The summed E-state index contributed by atoms with van der Waals surface area (Å²) in [5.74, 6) is 1.85. The van der Waals surface area contributed by atoms with E-state index in [4.69, 9.17) is 11.2 Å². The van der Waals surface area contributed by atoms with Crippen molar-refractivity contribution < 1.29 is 9.53 Å². The summed E-state index contributed by atoms with van der Waals surface area (Å²) < 4.78 is 5.04. The molecule has 1 aromatic carbocycles. The molecule has 0 radical (unpaired) electrons. The van der Waals surface area contributed by atoms with E-state index in [1.54, 1.807) is 18.2 Å². The molecule has 74 valence electrons. The molecule has 0 amide bonds. The molecule has 3 heteroatoms. The first-order valence-corrected chi connectivity index (χ1v) is 4.49. The van der Waals surface area contributed by atoms with Gasteiger partial charge in [-0.3, -0.25) is 0 Å².